The Balaban J connectivity index is 1.93. The minimum atomic E-state index is 0.527. The number of hydrogen-bond donors (Lipinski definition) is 1. The third-order valence-corrected chi connectivity index (χ3v) is 4.23. The number of halogens is 1. The number of pyridine rings is 1. The van der Waals surface area contributed by atoms with Crippen LogP contribution in [0, 0.1) is 17.2 Å². The molecule has 4 heteroatoms. The van der Waals surface area contributed by atoms with Crippen molar-refractivity contribution >= 4 is 21.5 Å². The topological polar surface area (TPSA) is 48.7 Å². The highest BCUT2D eigenvalue weighted by Gasteiger charge is 2.31. The highest BCUT2D eigenvalue weighted by molar-refractivity contribution is 9.10. The largest absolute Gasteiger partial charge is 0.310 e. The zero-order chi connectivity index (χ0) is 11.8. The van der Waals surface area contributed by atoms with Gasteiger partial charge in [0, 0.05) is 12.2 Å². The van der Waals surface area contributed by atoms with Crippen molar-refractivity contribution in [2.45, 2.75) is 18.9 Å². The van der Waals surface area contributed by atoms with Gasteiger partial charge in [-0.15, -0.1) is 0 Å². The van der Waals surface area contributed by atoms with Crippen molar-refractivity contribution < 1.29 is 0 Å². The van der Waals surface area contributed by atoms with Crippen LogP contribution in [-0.2, 0) is 0 Å². The minimum Gasteiger partial charge on any atom is -0.310 e. The lowest BCUT2D eigenvalue weighted by Gasteiger charge is -2.07. The summed E-state index contributed by atoms with van der Waals surface area (Å²) in [4.78, 5) is 4.22. The zero-order valence-electron chi connectivity index (χ0n) is 9.28. The van der Waals surface area contributed by atoms with Crippen molar-refractivity contribution in [1.82, 2.24) is 10.3 Å². The average Bonchev–Trinajstić information content (AvgIpc) is 2.90. The fourth-order valence-electron chi connectivity index (χ4n) is 2.69. The molecule has 0 amide bonds. The first kappa shape index (κ1) is 10.9. The average molecular weight is 290 g/mol. The van der Waals surface area contributed by atoms with Crippen LogP contribution in [0.25, 0.3) is 5.57 Å². The molecule has 0 spiro atoms. The summed E-state index contributed by atoms with van der Waals surface area (Å²) in [6, 6.07) is 4.60. The van der Waals surface area contributed by atoms with E-state index < -0.39 is 0 Å². The first-order valence-corrected chi connectivity index (χ1v) is 6.57. The van der Waals surface area contributed by atoms with Gasteiger partial charge in [-0.05, 0) is 58.4 Å². The van der Waals surface area contributed by atoms with Crippen LogP contribution >= 0.6 is 15.9 Å². The fourth-order valence-corrected chi connectivity index (χ4v) is 2.99. The lowest BCUT2D eigenvalue weighted by atomic mass is 9.99. The van der Waals surface area contributed by atoms with E-state index in [-0.39, 0.29) is 0 Å². The van der Waals surface area contributed by atoms with Crippen molar-refractivity contribution in [3.8, 4) is 6.07 Å². The van der Waals surface area contributed by atoms with Gasteiger partial charge in [0.25, 0.3) is 0 Å². The molecule has 0 saturated carbocycles. The molecule has 0 unspecified atom stereocenters. The first-order valence-electron chi connectivity index (χ1n) is 5.78. The summed E-state index contributed by atoms with van der Waals surface area (Å²) >= 11 is 3.28. The Bertz CT molecular complexity index is 530. The van der Waals surface area contributed by atoms with Gasteiger partial charge in [-0.2, -0.15) is 5.26 Å². The van der Waals surface area contributed by atoms with Gasteiger partial charge in [-0.25, -0.2) is 4.98 Å². The number of nitriles is 1. The van der Waals surface area contributed by atoms with Gasteiger partial charge in [-0.1, -0.05) is 6.08 Å². The zero-order valence-corrected chi connectivity index (χ0v) is 10.9. The van der Waals surface area contributed by atoms with Crippen LogP contribution in [-0.4, -0.2) is 17.6 Å². The van der Waals surface area contributed by atoms with Crippen molar-refractivity contribution in [3.05, 3.63) is 34.1 Å². The predicted molar refractivity (Wildman–Crippen MR) is 69.1 cm³/mol. The lowest BCUT2D eigenvalue weighted by molar-refractivity contribution is 0.553. The van der Waals surface area contributed by atoms with Crippen molar-refractivity contribution in [1.29, 1.82) is 5.26 Å². The highest BCUT2D eigenvalue weighted by atomic mass is 79.9. The van der Waals surface area contributed by atoms with Crippen LogP contribution in [0.4, 0.5) is 0 Å². The van der Waals surface area contributed by atoms with Crippen LogP contribution in [0.5, 0.6) is 0 Å². The van der Waals surface area contributed by atoms with Gasteiger partial charge in [0.05, 0.1) is 5.56 Å². The molecule has 1 aromatic rings. The Morgan fingerprint density at radius 1 is 1.53 bits per heavy atom. The maximum atomic E-state index is 9.00. The quantitative estimate of drug-likeness (QED) is 0.808. The maximum Gasteiger partial charge on any atom is 0.123 e. The number of rotatable bonds is 1. The molecule has 0 radical (unpaired) electrons. The van der Waals surface area contributed by atoms with E-state index in [0.29, 0.717) is 16.2 Å². The summed E-state index contributed by atoms with van der Waals surface area (Å²) in [6.45, 7) is 1.13. The second-order valence-corrected chi connectivity index (χ2v) is 5.35. The van der Waals surface area contributed by atoms with Crippen LogP contribution in [0.1, 0.15) is 24.0 Å². The smallest absolute Gasteiger partial charge is 0.123 e. The van der Waals surface area contributed by atoms with E-state index in [2.05, 4.69) is 38.4 Å². The molecule has 0 bridgehead atoms. The predicted octanol–water partition coefficient (Wildman–Crippen LogP) is 2.48. The summed E-state index contributed by atoms with van der Waals surface area (Å²) in [5.41, 5.74) is 3.01. The van der Waals surface area contributed by atoms with Crippen LogP contribution in [0.2, 0.25) is 0 Å². The van der Waals surface area contributed by atoms with E-state index in [1.54, 1.807) is 0 Å². The van der Waals surface area contributed by atoms with E-state index >= 15 is 0 Å². The van der Waals surface area contributed by atoms with Crippen LogP contribution in [0.15, 0.2) is 22.9 Å². The molecule has 86 valence electrons. The molecular weight excluding hydrogens is 278 g/mol. The molecule has 2 atom stereocenters. The third-order valence-electron chi connectivity index (χ3n) is 3.60. The van der Waals surface area contributed by atoms with Crippen LogP contribution in [0.3, 0.4) is 0 Å². The summed E-state index contributed by atoms with van der Waals surface area (Å²) in [5, 5.41) is 12.5. The SMILES string of the molecule is N#Cc1cc(C2=C[C@@H]3NCC[C@@H]3C2)cnc1Br. The molecule has 3 nitrogen and oxygen atoms in total. The number of fused-ring (bicyclic) bond motifs is 1. The monoisotopic (exact) mass is 289 g/mol. The molecule has 3 rings (SSSR count). The standard InChI is InChI=1S/C13H12BrN3/c14-13-10(6-15)4-11(7-17-13)9-3-8-1-2-16-12(8)5-9/h4-5,7-8,12,16H,1-3H2/t8-,12+/m1/s1. The Labute approximate surface area is 109 Å². The summed E-state index contributed by atoms with van der Waals surface area (Å²) in [6.07, 6.45) is 6.49. The van der Waals surface area contributed by atoms with Gasteiger partial charge in [0.1, 0.15) is 10.7 Å². The van der Waals surface area contributed by atoms with E-state index in [0.717, 1.165) is 24.4 Å². The number of hydrogen-bond acceptors (Lipinski definition) is 3. The third kappa shape index (κ3) is 1.90. The van der Waals surface area contributed by atoms with E-state index in [1.807, 2.05) is 12.3 Å². The number of nitrogens with zero attached hydrogens (tertiary/aromatic N) is 2. The Morgan fingerprint density at radius 3 is 3.18 bits per heavy atom. The number of allylic oxidation sites excluding steroid dienone is 1. The summed E-state index contributed by atoms with van der Waals surface area (Å²) in [5.74, 6) is 0.735. The first-order chi connectivity index (χ1) is 8.28. The molecule has 2 aliphatic rings. The molecule has 1 aromatic heterocycles. The van der Waals surface area contributed by atoms with Gasteiger partial charge in [0.15, 0.2) is 0 Å². The Kier molecular flexibility index (Phi) is 2.73. The van der Waals surface area contributed by atoms with E-state index in [1.165, 1.54) is 12.0 Å². The normalized spacial score (nSPS) is 26.5. The molecular formula is C13H12BrN3. The summed E-state index contributed by atoms with van der Waals surface area (Å²) in [7, 11) is 0. The molecule has 1 N–H and O–H groups in total. The maximum absolute atomic E-state index is 9.00. The second kappa shape index (κ2) is 4.25. The van der Waals surface area contributed by atoms with Gasteiger partial charge >= 0.3 is 0 Å². The fraction of sp³-hybridized carbons (Fsp3) is 0.385. The Hall–Kier alpha value is -1.18. The van der Waals surface area contributed by atoms with Gasteiger partial charge in [-0.3, -0.25) is 0 Å². The number of nitrogens with one attached hydrogen (secondary N) is 1. The van der Waals surface area contributed by atoms with Crippen molar-refractivity contribution in [3.63, 3.8) is 0 Å². The van der Waals surface area contributed by atoms with E-state index in [4.69, 9.17) is 5.26 Å². The van der Waals surface area contributed by atoms with Crippen molar-refractivity contribution in [2.75, 3.05) is 6.54 Å². The highest BCUT2D eigenvalue weighted by Crippen LogP contribution is 2.37. The van der Waals surface area contributed by atoms with Gasteiger partial charge in [0.2, 0.25) is 0 Å². The van der Waals surface area contributed by atoms with E-state index in [9.17, 15) is 0 Å². The van der Waals surface area contributed by atoms with Crippen molar-refractivity contribution in [2.24, 2.45) is 5.92 Å². The minimum absolute atomic E-state index is 0.527. The van der Waals surface area contributed by atoms with Crippen LogP contribution < -0.4 is 5.32 Å². The summed E-state index contributed by atoms with van der Waals surface area (Å²) < 4.78 is 0.626. The number of aromatic nitrogens is 1. The molecule has 2 heterocycles. The second-order valence-electron chi connectivity index (χ2n) is 4.60. The van der Waals surface area contributed by atoms with Gasteiger partial charge < -0.3 is 5.32 Å². The Morgan fingerprint density at radius 2 is 2.41 bits per heavy atom. The molecule has 1 aliphatic carbocycles. The molecule has 1 fully saturated rings. The molecule has 0 aromatic carbocycles. The molecule has 17 heavy (non-hydrogen) atoms. The lowest BCUT2D eigenvalue weighted by Crippen LogP contribution is -2.20. The molecule has 1 aliphatic heterocycles. The molecule has 1 saturated heterocycles.